The lowest BCUT2D eigenvalue weighted by molar-refractivity contribution is 0.0533. The molecule has 1 aliphatic heterocycles. The average Bonchev–Trinajstić information content (AvgIpc) is 2.66. The Hall–Kier alpha value is -2.45. The molecule has 0 aromatic heterocycles. The van der Waals surface area contributed by atoms with Crippen LogP contribution in [0.4, 0.5) is 4.39 Å². The van der Waals surface area contributed by atoms with Crippen molar-refractivity contribution in [1.29, 1.82) is 0 Å². The molecule has 0 spiro atoms. The van der Waals surface area contributed by atoms with Gasteiger partial charge in [0.15, 0.2) is 9.84 Å². The van der Waals surface area contributed by atoms with Crippen molar-refractivity contribution < 1.29 is 22.4 Å². The zero-order valence-electron chi connectivity index (χ0n) is 15.1. The van der Waals surface area contributed by atoms with E-state index >= 15 is 0 Å². The van der Waals surface area contributed by atoms with Crippen LogP contribution < -0.4 is 0 Å². The first-order valence-corrected chi connectivity index (χ1v) is 10.8. The molecule has 2 aromatic rings. The number of carbonyl (C=O) groups excluding carboxylic acids is 2. The van der Waals surface area contributed by atoms with Gasteiger partial charge in [0.1, 0.15) is 5.82 Å². The van der Waals surface area contributed by atoms with Gasteiger partial charge >= 0.3 is 0 Å². The second kappa shape index (κ2) is 7.89. The summed E-state index contributed by atoms with van der Waals surface area (Å²) in [7, 11) is -3.54. The van der Waals surface area contributed by atoms with Crippen molar-refractivity contribution in [3.63, 3.8) is 0 Å². The minimum absolute atomic E-state index is 0.0170. The van der Waals surface area contributed by atoms with Crippen molar-refractivity contribution in [2.75, 3.05) is 32.4 Å². The number of nitrogens with zero attached hydrogens (tertiary/aromatic N) is 2. The van der Waals surface area contributed by atoms with Crippen LogP contribution in [0.3, 0.4) is 0 Å². The fraction of sp³-hybridized carbons (Fsp3) is 0.263. The van der Waals surface area contributed by atoms with Crippen LogP contribution in [0.2, 0.25) is 5.02 Å². The Morgan fingerprint density at radius 1 is 0.929 bits per heavy atom. The number of benzene rings is 2. The Balaban J connectivity index is 1.72. The van der Waals surface area contributed by atoms with Gasteiger partial charge in [0, 0.05) is 32.4 Å². The van der Waals surface area contributed by atoms with Crippen LogP contribution in [0, 0.1) is 5.82 Å². The normalized spacial score (nSPS) is 14.8. The third-order valence-corrected chi connectivity index (χ3v) is 6.00. The monoisotopic (exact) mass is 424 g/mol. The van der Waals surface area contributed by atoms with Crippen molar-refractivity contribution in [2.24, 2.45) is 0 Å². The number of rotatable bonds is 3. The maximum absolute atomic E-state index is 13.2. The number of hydrogen-bond acceptors (Lipinski definition) is 4. The molecule has 0 atom stereocenters. The summed E-state index contributed by atoms with van der Waals surface area (Å²) < 4.78 is 37.0. The van der Waals surface area contributed by atoms with Crippen LogP contribution in [0.25, 0.3) is 0 Å². The highest BCUT2D eigenvalue weighted by Gasteiger charge is 2.28. The number of hydrogen-bond donors (Lipinski definition) is 0. The van der Waals surface area contributed by atoms with Crippen LogP contribution in [0.5, 0.6) is 0 Å². The van der Waals surface area contributed by atoms with Crippen LogP contribution >= 0.6 is 11.6 Å². The molecule has 1 fully saturated rings. The Bertz CT molecular complexity index is 1030. The molecule has 1 aliphatic rings. The first-order chi connectivity index (χ1) is 13.2. The van der Waals surface area contributed by atoms with E-state index < -0.39 is 21.6 Å². The van der Waals surface area contributed by atoms with Crippen LogP contribution in [-0.2, 0) is 9.84 Å². The van der Waals surface area contributed by atoms with Gasteiger partial charge in [-0.1, -0.05) is 23.7 Å². The van der Waals surface area contributed by atoms with E-state index in [1.807, 2.05) is 0 Å². The van der Waals surface area contributed by atoms with Gasteiger partial charge in [-0.15, -0.1) is 0 Å². The SMILES string of the molecule is CS(=O)(=O)c1ccccc1C(=O)N1CCN(C(=O)c2ccc(F)cc2Cl)CC1. The largest absolute Gasteiger partial charge is 0.335 e. The molecule has 0 N–H and O–H groups in total. The molecule has 0 saturated carbocycles. The zero-order chi connectivity index (χ0) is 20.5. The lowest BCUT2D eigenvalue weighted by Gasteiger charge is -2.35. The van der Waals surface area contributed by atoms with Gasteiger partial charge in [-0.05, 0) is 30.3 Å². The third-order valence-electron chi connectivity index (χ3n) is 4.53. The van der Waals surface area contributed by atoms with Crippen molar-refractivity contribution in [3.05, 3.63) is 64.4 Å². The van der Waals surface area contributed by atoms with Crippen LogP contribution in [-0.4, -0.2) is 62.5 Å². The van der Waals surface area contributed by atoms with Gasteiger partial charge in [-0.25, -0.2) is 12.8 Å². The summed E-state index contributed by atoms with van der Waals surface area (Å²) in [6.45, 7) is 1.03. The second-order valence-corrected chi connectivity index (χ2v) is 8.87. The number of piperazine rings is 1. The molecule has 3 rings (SSSR count). The van der Waals surface area contributed by atoms with Crippen molar-refractivity contribution in [1.82, 2.24) is 9.80 Å². The molecule has 9 heteroatoms. The van der Waals surface area contributed by atoms with E-state index in [1.165, 1.54) is 34.1 Å². The van der Waals surface area contributed by atoms with Crippen molar-refractivity contribution in [3.8, 4) is 0 Å². The molecular formula is C19H18ClFN2O4S. The Morgan fingerprint density at radius 3 is 2.00 bits per heavy atom. The van der Waals surface area contributed by atoms with E-state index in [0.717, 1.165) is 12.3 Å². The predicted molar refractivity (Wildman–Crippen MR) is 103 cm³/mol. The summed E-state index contributed by atoms with van der Waals surface area (Å²) >= 11 is 5.95. The molecule has 28 heavy (non-hydrogen) atoms. The number of halogens is 2. The van der Waals surface area contributed by atoms with Crippen molar-refractivity contribution >= 4 is 33.3 Å². The summed E-state index contributed by atoms with van der Waals surface area (Å²) in [6.07, 6.45) is 1.06. The summed E-state index contributed by atoms with van der Waals surface area (Å²) in [4.78, 5) is 28.4. The summed E-state index contributed by atoms with van der Waals surface area (Å²) in [5.74, 6) is -1.26. The molecule has 0 radical (unpaired) electrons. The Labute approximate surface area is 167 Å². The van der Waals surface area contributed by atoms with E-state index in [2.05, 4.69) is 0 Å². The minimum atomic E-state index is -3.54. The van der Waals surface area contributed by atoms with Gasteiger partial charge < -0.3 is 9.80 Å². The summed E-state index contributed by atoms with van der Waals surface area (Å²) in [6, 6.07) is 9.64. The van der Waals surface area contributed by atoms with E-state index in [1.54, 1.807) is 12.1 Å². The molecule has 2 amide bonds. The van der Waals surface area contributed by atoms with E-state index in [-0.39, 0.29) is 53.1 Å². The van der Waals surface area contributed by atoms with Crippen LogP contribution in [0.1, 0.15) is 20.7 Å². The van der Waals surface area contributed by atoms with Gasteiger partial charge in [0.05, 0.1) is 21.0 Å². The summed E-state index contributed by atoms with van der Waals surface area (Å²) in [5, 5.41) is 0.0329. The quantitative estimate of drug-likeness (QED) is 0.758. The maximum Gasteiger partial charge on any atom is 0.255 e. The number of sulfone groups is 1. The molecular weight excluding hydrogens is 407 g/mol. The predicted octanol–water partition coefficient (Wildman–Crippen LogP) is 2.48. The standard InChI is InChI=1S/C19H18ClFN2O4S/c1-28(26,27)17-5-3-2-4-15(17)19(25)23-10-8-22(9-11-23)18(24)14-7-6-13(21)12-16(14)20/h2-7,12H,8-11H2,1H3. The average molecular weight is 425 g/mol. The fourth-order valence-corrected chi connectivity index (χ4v) is 4.21. The highest BCUT2D eigenvalue weighted by atomic mass is 35.5. The molecule has 6 nitrogen and oxygen atoms in total. The van der Waals surface area contributed by atoms with E-state index in [0.29, 0.717) is 0 Å². The van der Waals surface area contributed by atoms with E-state index in [9.17, 15) is 22.4 Å². The van der Waals surface area contributed by atoms with Gasteiger partial charge in [0.2, 0.25) is 0 Å². The van der Waals surface area contributed by atoms with Gasteiger partial charge in [-0.3, -0.25) is 9.59 Å². The topological polar surface area (TPSA) is 74.8 Å². The lowest BCUT2D eigenvalue weighted by atomic mass is 10.1. The third kappa shape index (κ3) is 4.18. The minimum Gasteiger partial charge on any atom is -0.335 e. The fourth-order valence-electron chi connectivity index (χ4n) is 3.08. The van der Waals surface area contributed by atoms with Crippen molar-refractivity contribution in [2.45, 2.75) is 4.90 Å². The van der Waals surface area contributed by atoms with Crippen LogP contribution in [0.15, 0.2) is 47.4 Å². The molecule has 148 valence electrons. The zero-order valence-corrected chi connectivity index (χ0v) is 16.6. The van der Waals surface area contributed by atoms with Gasteiger partial charge in [0.25, 0.3) is 11.8 Å². The molecule has 1 heterocycles. The molecule has 0 bridgehead atoms. The van der Waals surface area contributed by atoms with E-state index in [4.69, 9.17) is 11.6 Å². The molecule has 0 aliphatic carbocycles. The molecule has 1 saturated heterocycles. The smallest absolute Gasteiger partial charge is 0.255 e. The first-order valence-electron chi connectivity index (χ1n) is 8.51. The lowest BCUT2D eigenvalue weighted by Crippen LogP contribution is -2.50. The van der Waals surface area contributed by atoms with Gasteiger partial charge in [-0.2, -0.15) is 0 Å². The maximum atomic E-state index is 13.2. The number of amides is 2. The second-order valence-electron chi connectivity index (χ2n) is 6.48. The first kappa shape index (κ1) is 20.3. The summed E-state index contributed by atoms with van der Waals surface area (Å²) in [5.41, 5.74) is 0.316. The highest BCUT2D eigenvalue weighted by Crippen LogP contribution is 2.21. The Kier molecular flexibility index (Phi) is 5.71. The number of carbonyl (C=O) groups is 2. The molecule has 2 aromatic carbocycles. The Morgan fingerprint density at radius 2 is 1.46 bits per heavy atom. The highest BCUT2D eigenvalue weighted by molar-refractivity contribution is 7.90. The molecule has 0 unspecified atom stereocenters.